The van der Waals surface area contributed by atoms with Crippen LogP contribution in [0.25, 0.3) is 0 Å². The second-order valence-corrected chi connectivity index (χ2v) is 4.64. The molecule has 1 amide bonds. The third-order valence-electron chi connectivity index (χ3n) is 3.40. The number of hydrogen-bond acceptors (Lipinski definition) is 3. The van der Waals surface area contributed by atoms with Crippen molar-refractivity contribution in [3.05, 3.63) is 0 Å². The lowest BCUT2D eigenvalue weighted by Gasteiger charge is -2.35. The van der Waals surface area contributed by atoms with Crippen LogP contribution < -0.4 is 5.32 Å². The van der Waals surface area contributed by atoms with Crippen molar-refractivity contribution in [3.8, 4) is 0 Å². The molecule has 86 valence electrons. The quantitative estimate of drug-likeness (QED) is 0.649. The molecule has 1 unspecified atom stereocenters. The number of β-amino-alcohol motifs (C(OH)–C–C–N with tert-alkyl or cyclic N) is 1. The zero-order chi connectivity index (χ0) is 10.7. The molecule has 0 aromatic carbocycles. The lowest BCUT2D eigenvalue weighted by atomic mass is 10.0. The summed E-state index contributed by atoms with van der Waals surface area (Å²) in [5.74, 6) is 0.164. The van der Waals surface area contributed by atoms with Crippen molar-refractivity contribution in [1.82, 2.24) is 10.2 Å². The van der Waals surface area contributed by atoms with Crippen molar-refractivity contribution in [3.63, 3.8) is 0 Å². The van der Waals surface area contributed by atoms with Crippen LogP contribution in [0.1, 0.15) is 32.1 Å². The minimum atomic E-state index is -0.190. The zero-order valence-electron chi connectivity index (χ0n) is 9.11. The molecule has 0 saturated carbocycles. The van der Waals surface area contributed by atoms with E-state index in [1.165, 1.54) is 0 Å². The van der Waals surface area contributed by atoms with Gasteiger partial charge in [0.05, 0.1) is 6.10 Å². The normalized spacial score (nSPS) is 34.6. The predicted octanol–water partition coefficient (Wildman–Crippen LogP) is 0.112. The molecule has 2 aliphatic rings. The molecule has 2 aliphatic heterocycles. The summed E-state index contributed by atoms with van der Waals surface area (Å²) in [6, 6.07) is 0.349. The number of nitrogens with one attached hydrogen (secondary N) is 1. The molecule has 0 aromatic heterocycles. The predicted molar refractivity (Wildman–Crippen MR) is 57.5 cm³/mol. The Kier molecular flexibility index (Phi) is 3.59. The molecule has 0 bridgehead atoms. The summed E-state index contributed by atoms with van der Waals surface area (Å²) in [4.78, 5) is 13.7. The highest BCUT2D eigenvalue weighted by atomic mass is 16.3. The van der Waals surface area contributed by atoms with Crippen LogP contribution in [0, 0.1) is 0 Å². The molecular weight excluding hydrogens is 192 g/mol. The van der Waals surface area contributed by atoms with Crippen molar-refractivity contribution in [2.24, 2.45) is 0 Å². The van der Waals surface area contributed by atoms with Gasteiger partial charge in [-0.2, -0.15) is 0 Å². The number of aliphatic hydroxyl groups is 1. The minimum absolute atomic E-state index is 0.164. The molecular formula is C11H20N2O2. The first-order chi connectivity index (χ1) is 7.25. The van der Waals surface area contributed by atoms with Crippen LogP contribution in [0.5, 0.6) is 0 Å². The molecule has 0 radical (unpaired) electrons. The topological polar surface area (TPSA) is 52.6 Å². The molecule has 2 fully saturated rings. The van der Waals surface area contributed by atoms with Gasteiger partial charge in [-0.25, -0.2) is 0 Å². The van der Waals surface area contributed by atoms with Gasteiger partial charge in [-0.1, -0.05) is 0 Å². The van der Waals surface area contributed by atoms with E-state index < -0.39 is 0 Å². The minimum Gasteiger partial charge on any atom is -0.392 e. The van der Waals surface area contributed by atoms with Gasteiger partial charge >= 0.3 is 0 Å². The summed E-state index contributed by atoms with van der Waals surface area (Å²) >= 11 is 0. The first-order valence-corrected chi connectivity index (χ1v) is 5.94. The molecule has 2 N–H and O–H groups in total. The van der Waals surface area contributed by atoms with Crippen LogP contribution in [-0.4, -0.2) is 47.7 Å². The van der Waals surface area contributed by atoms with Crippen molar-refractivity contribution < 1.29 is 9.90 Å². The van der Waals surface area contributed by atoms with Crippen LogP contribution in [0.4, 0.5) is 0 Å². The number of amides is 1. The summed E-state index contributed by atoms with van der Waals surface area (Å²) in [6.45, 7) is 2.60. The molecule has 2 atom stereocenters. The van der Waals surface area contributed by atoms with E-state index in [9.17, 15) is 9.90 Å². The Balaban J connectivity index is 1.92. The molecule has 0 aliphatic carbocycles. The molecule has 2 heterocycles. The second-order valence-electron chi connectivity index (χ2n) is 4.64. The van der Waals surface area contributed by atoms with Gasteiger partial charge in [-0.3, -0.25) is 9.69 Å². The van der Waals surface area contributed by atoms with E-state index in [4.69, 9.17) is 0 Å². The fourth-order valence-electron chi connectivity index (χ4n) is 2.58. The highest BCUT2D eigenvalue weighted by Gasteiger charge is 2.27. The number of hydrogen-bond donors (Lipinski definition) is 2. The second kappa shape index (κ2) is 4.94. The maximum absolute atomic E-state index is 11.4. The van der Waals surface area contributed by atoms with Gasteiger partial charge < -0.3 is 10.4 Å². The van der Waals surface area contributed by atoms with Gasteiger partial charge in [0.15, 0.2) is 0 Å². The number of piperidine rings is 1. The van der Waals surface area contributed by atoms with Crippen LogP contribution in [-0.2, 0) is 4.79 Å². The summed E-state index contributed by atoms with van der Waals surface area (Å²) in [7, 11) is 0. The Labute approximate surface area is 90.6 Å². The third kappa shape index (κ3) is 2.92. The number of carbonyl (C=O) groups is 1. The summed E-state index contributed by atoms with van der Waals surface area (Å²) in [5, 5.41) is 12.5. The van der Waals surface area contributed by atoms with E-state index in [1.807, 2.05) is 0 Å². The monoisotopic (exact) mass is 212 g/mol. The highest BCUT2D eigenvalue weighted by Crippen LogP contribution is 2.19. The maximum Gasteiger partial charge on any atom is 0.221 e. The molecule has 0 aromatic rings. The van der Waals surface area contributed by atoms with Crippen molar-refractivity contribution in [2.45, 2.75) is 44.2 Å². The molecule has 4 nitrogen and oxygen atoms in total. The molecule has 2 rings (SSSR count). The average molecular weight is 212 g/mol. The first kappa shape index (κ1) is 10.9. The maximum atomic E-state index is 11.4. The summed E-state index contributed by atoms with van der Waals surface area (Å²) < 4.78 is 0. The first-order valence-electron chi connectivity index (χ1n) is 5.94. The molecule has 4 heteroatoms. The Morgan fingerprint density at radius 2 is 2.20 bits per heavy atom. The van der Waals surface area contributed by atoms with E-state index >= 15 is 0 Å². The number of rotatable bonds is 1. The molecule has 15 heavy (non-hydrogen) atoms. The van der Waals surface area contributed by atoms with Gasteiger partial charge in [-0.15, -0.1) is 0 Å². The zero-order valence-corrected chi connectivity index (χ0v) is 9.11. The Morgan fingerprint density at radius 3 is 3.00 bits per heavy atom. The molecule has 2 saturated heterocycles. The van der Waals surface area contributed by atoms with E-state index in [2.05, 4.69) is 10.2 Å². The Bertz CT molecular complexity index is 233. The number of aliphatic hydroxyl groups excluding tert-OH is 1. The van der Waals surface area contributed by atoms with Crippen LogP contribution in [0.15, 0.2) is 0 Å². The summed E-state index contributed by atoms with van der Waals surface area (Å²) in [6.07, 6.45) is 4.51. The van der Waals surface area contributed by atoms with Gasteiger partial charge in [-0.05, 0) is 32.2 Å². The summed E-state index contributed by atoms with van der Waals surface area (Å²) in [5.41, 5.74) is 0. The van der Waals surface area contributed by atoms with Gasteiger partial charge in [0.1, 0.15) is 0 Å². The number of likely N-dealkylation sites (tertiary alicyclic amines) is 1. The van der Waals surface area contributed by atoms with Crippen LogP contribution >= 0.6 is 0 Å². The lowest BCUT2D eigenvalue weighted by Crippen LogP contribution is -2.45. The van der Waals surface area contributed by atoms with E-state index in [0.717, 1.165) is 45.3 Å². The van der Waals surface area contributed by atoms with Crippen LogP contribution in [0.2, 0.25) is 0 Å². The van der Waals surface area contributed by atoms with E-state index in [0.29, 0.717) is 12.5 Å². The largest absolute Gasteiger partial charge is 0.392 e. The Hall–Kier alpha value is -0.610. The lowest BCUT2D eigenvalue weighted by molar-refractivity contribution is -0.122. The highest BCUT2D eigenvalue weighted by molar-refractivity contribution is 5.76. The SMILES string of the molecule is O=C1CC(N2CCC[C@H](O)C2)CCCN1. The fourth-order valence-corrected chi connectivity index (χ4v) is 2.58. The van der Waals surface area contributed by atoms with Crippen LogP contribution in [0.3, 0.4) is 0 Å². The van der Waals surface area contributed by atoms with Crippen molar-refractivity contribution in [2.75, 3.05) is 19.6 Å². The Morgan fingerprint density at radius 1 is 1.33 bits per heavy atom. The van der Waals surface area contributed by atoms with Gasteiger partial charge in [0.25, 0.3) is 0 Å². The fraction of sp³-hybridized carbons (Fsp3) is 0.909. The van der Waals surface area contributed by atoms with Crippen molar-refractivity contribution in [1.29, 1.82) is 0 Å². The average Bonchev–Trinajstić information content (AvgIpc) is 2.43. The molecule has 0 spiro atoms. The number of nitrogens with zero attached hydrogens (tertiary/aromatic N) is 1. The van der Waals surface area contributed by atoms with Crippen molar-refractivity contribution >= 4 is 5.91 Å². The number of carbonyl (C=O) groups excluding carboxylic acids is 1. The van der Waals surface area contributed by atoms with Gasteiger partial charge in [0, 0.05) is 25.6 Å². The van der Waals surface area contributed by atoms with E-state index in [-0.39, 0.29) is 12.0 Å². The van der Waals surface area contributed by atoms with Gasteiger partial charge in [0.2, 0.25) is 5.91 Å². The third-order valence-corrected chi connectivity index (χ3v) is 3.40. The smallest absolute Gasteiger partial charge is 0.221 e. The van der Waals surface area contributed by atoms with E-state index in [1.54, 1.807) is 0 Å². The standard InChI is InChI=1S/C11H20N2O2/c14-10-4-2-6-13(8-10)9-3-1-5-12-11(15)7-9/h9-10,14H,1-8H2,(H,12,15)/t9?,10-/m0/s1.